The van der Waals surface area contributed by atoms with Crippen LogP contribution < -0.4 is 4.90 Å². The molecule has 1 saturated heterocycles. The van der Waals surface area contributed by atoms with Gasteiger partial charge in [-0.1, -0.05) is 24.4 Å². The maximum Gasteiger partial charge on any atom is 0.332 e. The first kappa shape index (κ1) is 19.2. The van der Waals surface area contributed by atoms with Gasteiger partial charge in [-0.3, -0.25) is 4.79 Å². The van der Waals surface area contributed by atoms with E-state index in [0.717, 1.165) is 12.8 Å². The van der Waals surface area contributed by atoms with Gasteiger partial charge in [-0.25, -0.2) is 9.69 Å². The Hall–Kier alpha value is -2.61. The van der Waals surface area contributed by atoms with E-state index in [0.29, 0.717) is 29.7 Å². The maximum atomic E-state index is 13.3. The highest BCUT2D eigenvalue weighted by Crippen LogP contribution is 2.44. The van der Waals surface area contributed by atoms with Crippen molar-refractivity contribution in [3.05, 3.63) is 28.3 Å². The van der Waals surface area contributed by atoms with Gasteiger partial charge in [-0.05, 0) is 37.5 Å². The van der Waals surface area contributed by atoms with E-state index in [4.69, 9.17) is 26.9 Å². The van der Waals surface area contributed by atoms with Crippen LogP contribution in [0.5, 0.6) is 0 Å². The number of hydrogen-bond donors (Lipinski definition) is 0. The number of carbonyl (C=O) groups is 2. The molecule has 0 unspecified atom stereocenters. The number of urea groups is 1. The van der Waals surface area contributed by atoms with E-state index in [1.54, 1.807) is 17.9 Å². The first-order chi connectivity index (χ1) is 13.0. The van der Waals surface area contributed by atoms with Gasteiger partial charge in [0.25, 0.3) is 5.91 Å². The lowest BCUT2D eigenvalue weighted by Crippen LogP contribution is -2.48. The number of nitriles is 2. The number of carbonyl (C=O) groups excluding carboxylic acids is 2. The molecule has 0 N–H and O–H groups in total. The van der Waals surface area contributed by atoms with E-state index in [1.807, 2.05) is 12.1 Å². The zero-order valence-electron chi connectivity index (χ0n) is 15.0. The molecule has 8 heteroatoms. The van der Waals surface area contributed by atoms with Crippen LogP contribution in [-0.4, -0.2) is 42.1 Å². The molecule has 1 heterocycles. The molecule has 1 aromatic carbocycles. The number of nitrogens with zero attached hydrogens (tertiary/aromatic N) is 4. The van der Waals surface area contributed by atoms with Crippen molar-refractivity contribution in [3.63, 3.8) is 0 Å². The van der Waals surface area contributed by atoms with Crippen LogP contribution in [0.15, 0.2) is 12.1 Å². The summed E-state index contributed by atoms with van der Waals surface area (Å²) in [5.74, 6) is -0.255. The third-order valence-electron chi connectivity index (χ3n) is 5.32. The lowest BCUT2D eigenvalue weighted by Gasteiger charge is -2.30. The first-order valence-corrected chi connectivity index (χ1v) is 9.16. The van der Waals surface area contributed by atoms with Crippen LogP contribution in [0, 0.1) is 29.6 Å². The molecule has 2 fully saturated rings. The van der Waals surface area contributed by atoms with Gasteiger partial charge < -0.3 is 9.64 Å². The van der Waals surface area contributed by atoms with E-state index in [2.05, 4.69) is 0 Å². The third kappa shape index (κ3) is 3.03. The Morgan fingerprint density at radius 1 is 1.26 bits per heavy atom. The van der Waals surface area contributed by atoms with Crippen LogP contribution in [0.3, 0.4) is 0 Å². The molecule has 3 amide bonds. The Bertz CT molecular complexity index is 865. The molecule has 140 valence electrons. The van der Waals surface area contributed by atoms with Crippen molar-refractivity contribution < 1.29 is 14.3 Å². The Kier molecular flexibility index (Phi) is 5.36. The molecular weight excluding hydrogens is 368 g/mol. The predicted octanol–water partition coefficient (Wildman–Crippen LogP) is 3.14. The number of rotatable bonds is 5. The van der Waals surface area contributed by atoms with Crippen LogP contribution in [0.2, 0.25) is 5.02 Å². The molecule has 1 saturated carbocycles. The van der Waals surface area contributed by atoms with Gasteiger partial charge in [-0.15, -0.1) is 0 Å². The highest BCUT2D eigenvalue weighted by atomic mass is 35.5. The monoisotopic (exact) mass is 386 g/mol. The number of halogens is 1. The predicted molar refractivity (Wildman–Crippen MR) is 98.1 cm³/mol. The fourth-order valence-corrected chi connectivity index (χ4v) is 4.16. The minimum absolute atomic E-state index is 0.0585. The second-order valence-corrected chi connectivity index (χ2v) is 7.09. The lowest BCUT2D eigenvalue weighted by atomic mass is 9.95. The highest BCUT2D eigenvalue weighted by molar-refractivity contribution is 6.33. The van der Waals surface area contributed by atoms with E-state index < -0.39 is 11.6 Å². The average molecular weight is 387 g/mol. The number of hydrogen-bond acceptors (Lipinski definition) is 5. The zero-order chi connectivity index (χ0) is 19.6. The van der Waals surface area contributed by atoms with Crippen LogP contribution >= 0.6 is 11.6 Å². The molecule has 1 spiro atoms. The number of amides is 3. The van der Waals surface area contributed by atoms with Crippen LogP contribution in [0.25, 0.3) is 0 Å². The van der Waals surface area contributed by atoms with E-state index >= 15 is 0 Å². The van der Waals surface area contributed by atoms with Crippen molar-refractivity contribution >= 4 is 29.2 Å². The van der Waals surface area contributed by atoms with E-state index in [9.17, 15) is 9.59 Å². The SMILES string of the molecule is Cc1c(N2C(=O)N(CCOCC#N)C3(CCCC3)C2=O)ccc(C#N)c1Cl. The molecule has 1 aromatic rings. The normalized spacial score (nSPS) is 18.2. The van der Waals surface area contributed by atoms with Crippen molar-refractivity contribution in [1.82, 2.24) is 4.90 Å². The van der Waals surface area contributed by atoms with E-state index in [-0.39, 0.29) is 30.7 Å². The highest BCUT2D eigenvalue weighted by Gasteiger charge is 2.58. The quantitative estimate of drug-likeness (QED) is 0.572. The Morgan fingerprint density at radius 2 is 1.96 bits per heavy atom. The van der Waals surface area contributed by atoms with Gasteiger partial charge in [0.1, 0.15) is 18.2 Å². The van der Waals surface area contributed by atoms with Gasteiger partial charge in [0.15, 0.2) is 0 Å². The third-order valence-corrected chi connectivity index (χ3v) is 5.80. The van der Waals surface area contributed by atoms with Crippen LogP contribution in [0.4, 0.5) is 10.5 Å². The Morgan fingerprint density at radius 3 is 2.59 bits per heavy atom. The lowest BCUT2D eigenvalue weighted by molar-refractivity contribution is -0.124. The zero-order valence-corrected chi connectivity index (χ0v) is 15.8. The summed E-state index contributed by atoms with van der Waals surface area (Å²) in [6.45, 7) is 2.07. The van der Waals surface area contributed by atoms with Crippen molar-refractivity contribution in [2.75, 3.05) is 24.7 Å². The Balaban J connectivity index is 1.97. The number of ether oxygens (including phenoxy) is 1. The van der Waals surface area contributed by atoms with Gasteiger partial charge >= 0.3 is 6.03 Å². The number of benzene rings is 1. The summed E-state index contributed by atoms with van der Waals surface area (Å²) in [6, 6.07) is 6.59. The molecule has 0 radical (unpaired) electrons. The molecule has 0 bridgehead atoms. The summed E-state index contributed by atoms with van der Waals surface area (Å²) < 4.78 is 5.20. The largest absolute Gasteiger partial charge is 0.365 e. The summed E-state index contributed by atoms with van der Waals surface area (Å²) in [5, 5.41) is 18.0. The second kappa shape index (κ2) is 7.56. The molecule has 2 aliphatic rings. The van der Waals surface area contributed by atoms with Gasteiger partial charge in [0.2, 0.25) is 0 Å². The molecule has 0 aromatic heterocycles. The standard InChI is InChI=1S/C19H19ClN4O3/c1-13-15(5-4-14(12-22)16(13)20)24-17(25)19(6-2-3-7-19)23(18(24)26)9-11-27-10-8-21/h4-5H,2-3,6-7,9-11H2,1H3. The average Bonchev–Trinajstić information content (AvgIpc) is 3.22. The summed E-state index contributed by atoms with van der Waals surface area (Å²) in [5.41, 5.74) is 0.364. The minimum atomic E-state index is -0.861. The van der Waals surface area contributed by atoms with Crippen molar-refractivity contribution in [3.8, 4) is 12.1 Å². The maximum absolute atomic E-state index is 13.3. The summed E-state index contributed by atoms with van der Waals surface area (Å²) >= 11 is 6.24. The number of imide groups is 1. The second-order valence-electron chi connectivity index (χ2n) is 6.71. The summed E-state index contributed by atoms with van der Waals surface area (Å²) in [7, 11) is 0. The molecule has 0 atom stereocenters. The first-order valence-electron chi connectivity index (χ1n) is 8.78. The number of anilines is 1. The summed E-state index contributed by atoms with van der Waals surface area (Å²) in [4.78, 5) is 29.2. The van der Waals surface area contributed by atoms with Gasteiger partial charge in [0.05, 0.1) is 28.9 Å². The fourth-order valence-electron chi connectivity index (χ4n) is 3.96. The fraction of sp³-hybridized carbons (Fsp3) is 0.474. The van der Waals surface area contributed by atoms with Crippen LogP contribution in [0.1, 0.15) is 36.8 Å². The molecule has 27 heavy (non-hydrogen) atoms. The molecule has 1 aliphatic heterocycles. The van der Waals surface area contributed by atoms with Crippen molar-refractivity contribution in [1.29, 1.82) is 10.5 Å². The Labute approximate surface area is 162 Å². The van der Waals surface area contributed by atoms with Gasteiger partial charge in [0, 0.05) is 6.54 Å². The molecule has 1 aliphatic carbocycles. The molecule has 7 nitrogen and oxygen atoms in total. The topological polar surface area (TPSA) is 97.4 Å². The molecule has 3 rings (SSSR count). The van der Waals surface area contributed by atoms with Gasteiger partial charge in [-0.2, -0.15) is 10.5 Å². The van der Waals surface area contributed by atoms with Crippen molar-refractivity contribution in [2.24, 2.45) is 0 Å². The smallest absolute Gasteiger partial charge is 0.332 e. The summed E-state index contributed by atoms with van der Waals surface area (Å²) in [6.07, 6.45) is 2.95. The van der Waals surface area contributed by atoms with E-state index in [1.165, 1.54) is 11.0 Å². The van der Waals surface area contributed by atoms with Crippen molar-refractivity contribution in [2.45, 2.75) is 38.1 Å². The van der Waals surface area contributed by atoms with Crippen LogP contribution in [-0.2, 0) is 9.53 Å². The minimum Gasteiger partial charge on any atom is -0.365 e. The molecular formula is C19H19ClN4O3.